The quantitative estimate of drug-likeness (QED) is 0.135. The number of aliphatic hydroxyl groups excluding tert-OH is 5. The number of carbonyl (C=O) groups is 3. The first-order valence-electron chi connectivity index (χ1n) is 25.6. The maximum absolute atomic E-state index is 15.8. The third-order valence-corrected chi connectivity index (χ3v) is 23.2. The standard InChI is InChI=1S/C55H60N2O11S2/c58-22-28-5-1-4-27(14-28)15-29-16-38-44(62)33-7-2-8-39-42(33)46(63)51(38,41(61)17-29)25-69-70-26-57-47-34-9-10-40-50(12-3-6-31(50)23-59)20-32-18-30-19-35-37-11-13-53(67-39)49(65)55(66,48(64)52(37,24-60)68-53)45(35)54(32,40)43(34)36(30)21-56-47/h1-2,4-5,7-8,14,16-17,23,30-32,35,37-38,40,45,48-49,56-58,60-61,64-66H,3,6,9-13,15,18-22,24-26H2. The summed E-state index contributed by atoms with van der Waals surface area (Å²) in [4.78, 5) is 44.2. The van der Waals surface area contributed by atoms with Gasteiger partial charge in [-0.3, -0.25) is 9.59 Å². The van der Waals surface area contributed by atoms with E-state index in [1.807, 2.05) is 24.3 Å². The Hall–Kier alpha value is -3.93. The van der Waals surface area contributed by atoms with Gasteiger partial charge in [0.05, 0.1) is 30.6 Å². The van der Waals surface area contributed by atoms with Gasteiger partial charge in [0.15, 0.2) is 17.7 Å². The predicted molar refractivity (Wildman–Crippen MR) is 259 cm³/mol. The van der Waals surface area contributed by atoms with Crippen LogP contribution in [0.25, 0.3) is 0 Å². The summed E-state index contributed by atoms with van der Waals surface area (Å²) in [5.74, 6) is -4.34. The van der Waals surface area contributed by atoms with Crippen LogP contribution in [0.5, 0.6) is 5.75 Å². The van der Waals surface area contributed by atoms with Gasteiger partial charge in [0.25, 0.3) is 0 Å². The second kappa shape index (κ2) is 15.1. The Balaban J connectivity index is 0.966. The molecule has 8 N–H and O–H groups in total. The summed E-state index contributed by atoms with van der Waals surface area (Å²) in [6.07, 6.45) is 8.41. The Bertz CT molecular complexity index is 2830. The Labute approximate surface area is 414 Å². The minimum atomic E-state index is -2.29. The molecule has 9 aliphatic carbocycles. The third kappa shape index (κ3) is 5.21. The lowest BCUT2D eigenvalue weighted by Crippen LogP contribution is -2.88. The SMILES string of the molecule is O=CC1CCCC12CC1CC3CC4C5CCC67Oc8cccc9c8C(=O)C8(CSSCNC%10=C%11CCC2C1(C%11=C3CN%10)C4C(O)(C6O)C(O)C5(CO)O7)C(O)=CC(Cc1cccc(CO)c1)=CC8C9=O. The number of dihydropyridines is 1. The zero-order chi connectivity index (χ0) is 47.9. The van der Waals surface area contributed by atoms with Crippen LogP contribution in [0.2, 0.25) is 0 Å². The van der Waals surface area contributed by atoms with Crippen molar-refractivity contribution in [3.63, 3.8) is 0 Å². The van der Waals surface area contributed by atoms with Crippen molar-refractivity contribution in [2.45, 2.75) is 106 Å². The van der Waals surface area contributed by atoms with Crippen LogP contribution in [-0.2, 0) is 22.6 Å². The molecule has 4 spiro atoms. The first kappa shape index (κ1) is 44.7. The van der Waals surface area contributed by atoms with E-state index in [-0.39, 0.29) is 82.2 Å². The van der Waals surface area contributed by atoms with Gasteiger partial charge >= 0.3 is 0 Å². The van der Waals surface area contributed by atoms with E-state index in [1.54, 1.807) is 30.4 Å². The lowest BCUT2D eigenvalue weighted by Gasteiger charge is -2.73. The highest BCUT2D eigenvalue weighted by Gasteiger charge is 2.86. The Kier molecular flexibility index (Phi) is 9.64. The number of hydrogen-bond donors (Lipinski definition) is 8. The molecule has 7 fully saturated rings. The highest BCUT2D eigenvalue weighted by Crippen LogP contribution is 2.83. The second-order valence-corrected chi connectivity index (χ2v) is 25.6. The van der Waals surface area contributed by atoms with Gasteiger partial charge in [-0.25, -0.2) is 0 Å². The molecule has 15 heteroatoms. The Morgan fingerprint density at radius 2 is 1.80 bits per heavy atom. The highest BCUT2D eigenvalue weighted by molar-refractivity contribution is 8.76. The van der Waals surface area contributed by atoms with E-state index in [0.717, 1.165) is 67.5 Å². The topological polar surface area (TPSA) is 215 Å². The van der Waals surface area contributed by atoms with Gasteiger partial charge < -0.3 is 55.5 Å². The van der Waals surface area contributed by atoms with Gasteiger partial charge in [0, 0.05) is 41.5 Å². The van der Waals surface area contributed by atoms with E-state index in [4.69, 9.17) is 9.47 Å². The minimum Gasteiger partial charge on any atom is -0.511 e. The van der Waals surface area contributed by atoms with Crippen LogP contribution < -0.4 is 15.4 Å². The molecule has 0 radical (unpaired) electrons. The van der Waals surface area contributed by atoms with Crippen LogP contribution in [0.4, 0.5) is 0 Å². The second-order valence-electron chi connectivity index (χ2n) is 23.1. The molecular formula is C55H60N2O11S2. The van der Waals surface area contributed by atoms with Gasteiger partial charge in [-0.05, 0) is 138 Å². The summed E-state index contributed by atoms with van der Waals surface area (Å²) < 4.78 is 14.1. The Morgan fingerprint density at radius 1 is 0.957 bits per heavy atom. The van der Waals surface area contributed by atoms with Gasteiger partial charge in [0.1, 0.15) is 46.3 Å². The maximum Gasteiger partial charge on any atom is 0.240 e. The first-order chi connectivity index (χ1) is 33.9. The number of ketones is 2. The highest BCUT2D eigenvalue weighted by atomic mass is 33.1. The molecule has 4 heterocycles. The van der Waals surface area contributed by atoms with Crippen molar-refractivity contribution in [3.05, 3.63) is 111 Å². The number of nitrogens with one attached hydrogen (secondary N) is 2. The van der Waals surface area contributed by atoms with Crippen LogP contribution in [0.3, 0.4) is 0 Å². The fourth-order valence-electron chi connectivity index (χ4n) is 18.7. The number of benzene rings is 2. The number of ether oxygens (including phenoxy) is 2. The molecule has 4 aliphatic heterocycles. The average Bonchev–Trinajstić information content (AvgIpc) is 3.82. The lowest BCUT2D eigenvalue weighted by atomic mass is 9.38. The molecule has 0 amide bonds. The van der Waals surface area contributed by atoms with Crippen LogP contribution >= 0.6 is 21.6 Å². The van der Waals surface area contributed by atoms with Gasteiger partial charge in [0.2, 0.25) is 5.79 Å². The molecule has 13 aliphatic rings. The predicted octanol–water partition coefficient (Wildman–Crippen LogP) is 5.61. The van der Waals surface area contributed by atoms with Crippen molar-refractivity contribution in [3.8, 4) is 5.75 Å². The zero-order valence-electron chi connectivity index (χ0n) is 38.9. The average molecular weight is 989 g/mol. The van der Waals surface area contributed by atoms with E-state index in [9.17, 15) is 35.4 Å². The maximum atomic E-state index is 15.8. The largest absolute Gasteiger partial charge is 0.511 e. The van der Waals surface area contributed by atoms with E-state index in [2.05, 4.69) is 10.6 Å². The molecule has 11 bridgehead atoms. The number of fused-ring (bicyclic) bond motifs is 1. The number of aliphatic hydroxyl groups is 6. The fraction of sp³-hybridized carbons (Fsp3) is 0.582. The third-order valence-electron chi connectivity index (χ3n) is 20.9. The minimum absolute atomic E-state index is 0.00780. The van der Waals surface area contributed by atoms with Crippen molar-refractivity contribution in [1.82, 2.24) is 10.6 Å². The molecular weight excluding hydrogens is 929 g/mol. The molecule has 13 nitrogen and oxygen atoms in total. The fourth-order valence-corrected chi connectivity index (χ4v) is 21.0. The van der Waals surface area contributed by atoms with Crippen molar-refractivity contribution in [2.75, 3.05) is 24.8 Å². The van der Waals surface area contributed by atoms with Gasteiger partial charge in [-0.15, -0.1) is 0 Å². The molecule has 16 atom stereocenters. The molecule has 5 saturated carbocycles. The lowest BCUT2D eigenvalue weighted by molar-refractivity contribution is -0.462. The van der Waals surface area contributed by atoms with Crippen molar-refractivity contribution >= 4 is 39.4 Å². The monoisotopic (exact) mass is 988 g/mol. The van der Waals surface area contributed by atoms with E-state index >= 15 is 9.59 Å². The number of Topliss-reactive ketones (excluding diaryl/α,β-unsaturated/α-hetero) is 2. The van der Waals surface area contributed by atoms with Crippen LogP contribution in [0.1, 0.15) is 96.1 Å². The molecule has 2 aromatic rings. The van der Waals surface area contributed by atoms with E-state index < -0.39 is 70.2 Å². The molecule has 2 saturated heterocycles. The van der Waals surface area contributed by atoms with Gasteiger partial charge in [-0.1, -0.05) is 70.5 Å². The van der Waals surface area contributed by atoms with E-state index in [1.165, 1.54) is 39.0 Å². The van der Waals surface area contributed by atoms with E-state index in [0.29, 0.717) is 37.3 Å². The summed E-state index contributed by atoms with van der Waals surface area (Å²) in [7, 11) is 2.91. The number of allylic oxidation sites excluding steroid dienone is 6. The molecule has 368 valence electrons. The zero-order valence-corrected chi connectivity index (χ0v) is 40.5. The molecule has 16 unspecified atom stereocenters. The number of hydrogen-bond acceptors (Lipinski definition) is 15. The molecule has 0 aromatic heterocycles. The Morgan fingerprint density at radius 3 is 2.63 bits per heavy atom. The van der Waals surface area contributed by atoms with Crippen LogP contribution in [-0.4, -0.2) is 102 Å². The normalized spacial score (nSPS) is 45.7. The molecule has 15 rings (SSSR count). The first-order valence-corrected chi connectivity index (χ1v) is 28.1. The number of aldehydes is 1. The summed E-state index contributed by atoms with van der Waals surface area (Å²) >= 11 is 0. The van der Waals surface area contributed by atoms with Crippen molar-refractivity contribution in [2.24, 2.45) is 63.6 Å². The summed E-state index contributed by atoms with van der Waals surface area (Å²) in [5.41, 5.74) is -0.760. The van der Waals surface area contributed by atoms with Crippen molar-refractivity contribution in [1.29, 1.82) is 0 Å². The molecule has 2 aromatic carbocycles. The summed E-state index contributed by atoms with van der Waals surface area (Å²) in [6, 6.07) is 12.2. The van der Waals surface area contributed by atoms with Crippen molar-refractivity contribution < 1.29 is 54.5 Å². The van der Waals surface area contributed by atoms with Gasteiger partial charge in [-0.2, -0.15) is 0 Å². The molecule has 70 heavy (non-hydrogen) atoms. The smallest absolute Gasteiger partial charge is 0.240 e. The van der Waals surface area contributed by atoms with Crippen LogP contribution in [0, 0.1) is 63.6 Å². The number of rotatable bonds is 5. The number of carbonyl (C=O) groups excluding carboxylic acids is 3. The summed E-state index contributed by atoms with van der Waals surface area (Å²) in [5, 5.41) is 82.5. The van der Waals surface area contributed by atoms with Crippen LogP contribution in [0.15, 0.2) is 88.5 Å². The summed E-state index contributed by atoms with van der Waals surface area (Å²) in [6.45, 7) is -0.197.